The highest BCUT2D eigenvalue weighted by atomic mass is 35.5. The third-order valence-electron chi connectivity index (χ3n) is 5.65. The van der Waals surface area contributed by atoms with Crippen LogP contribution in [-0.2, 0) is 7.05 Å². The molecule has 0 bridgehead atoms. The number of aryl methyl sites for hydroxylation is 1. The maximum Gasteiger partial charge on any atom is 0.257 e. The van der Waals surface area contributed by atoms with Gasteiger partial charge in [0.05, 0.1) is 11.1 Å². The Hall–Kier alpha value is -3.56. The summed E-state index contributed by atoms with van der Waals surface area (Å²) in [5, 5.41) is 17.0. The van der Waals surface area contributed by atoms with E-state index in [0.29, 0.717) is 28.6 Å². The van der Waals surface area contributed by atoms with Crippen molar-refractivity contribution in [2.45, 2.75) is 32.5 Å². The van der Waals surface area contributed by atoms with Crippen molar-refractivity contribution in [2.24, 2.45) is 7.05 Å². The van der Waals surface area contributed by atoms with E-state index in [1.54, 1.807) is 79.1 Å². The van der Waals surface area contributed by atoms with Gasteiger partial charge in [-0.1, -0.05) is 11.6 Å². The third-order valence-corrected chi connectivity index (χ3v) is 5.94. The number of aliphatic hydroxyl groups is 1. The minimum absolute atomic E-state index is 0.0688. The molecule has 2 atom stereocenters. The fraction of sp³-hybridized carbons (Fsp3) is 0.320. The summed E-state index contributed by atoms with van der Waals surface area (Å²) in [5.41, 5.74) is 0.752. The fourth-order valence-corrected chi connectivity index (χ4v) is 3.58. The van der Waals surface area contributed by atoms with Crippen molar-refractivity contribution in [2.75, 3.05) is 18.4 Å². The van der Waals surface area contributed by atoms with Gasteiger partial charge >= 0.3 is 0 Å². The number of carbonyl (C=O) groups excluding carboxylic acids is 2. The first-order valence-corrected chi connectivity index (χ1v) is 11.6. The van der Waals surface area contributed by atoms with Crippen LogP contribution in [0.15, 0.2) is 48.7 Å². The summed E-state index contributed by atoms with van der Waals surface area (Å²) in [6.07, 6.45) is 1.47. The molecule has 1 aliphatic heterocycles. The zero-order valence-electron chi connectivity index (χ0n) is 19.7. The molecule has 10 heteroatoms. The molecule has 1 aromatic heterocycles. The minimum Gasteiger partial charge on any atom is -0.488 e. The highest BCUT2D eigenvalue weighted by Gasteiger charge is 2.22. The lowest BCUT2D eigenvalue weighted by molar-refractivity contribution is 0.0602. The molecule has 35 heavy (non-hydrogen) atoms. The number of hydrogen-bond acceptors (Lipinski definition) is 6. The molecule has 0 radical (unpaired) electrons. The van der Waals surface area contributed by atoms with E-state index in [0.717, 1.165) is 19.5 Å². The van der Waals surface area contributed by atoms with Gasteiger partial charge in [0.25, 0.3) is 11.8 Å². The summed E-state index contributed by atoms with van der Waals surface area (Å²) in [7, 11) is 1.75. The van der Waals surface area contributed by atoms with Gasteiger partial charge in [-0.05, 0) is 50.6 Å². The monoisotopic (exact) mass is 498 g/mol. The van der Waals surface area contributed by atoms with Crippen molar-refractivity contribution in [1.82, 2.24) is 14.7 Å². The molecule has 1 saturated heterocycles. The van der Waals surface area contributed by atoms with E-state index in [9.17, 15) is 14.7 Å². The molecular weight excluding hydrogens is 472 g/mol. The third kappa shape index (κ3) is 5.93. The van der Waals surface area contributed by atoms with Crippen LogP contribution >= 0.6 is 11.6 Å². The van der Waals surface area contributed by atoms with Crippen molar-refractivity contribution in [3.8, 4) is 17.2 Å². The molecule has 2 amide bonds. The number of nitrogens with zero attached hydrogens (tertiary/aromatic N) is 3. The van der Waals surface area contributed by atoms with Crippen LogP contribution in [0.2, 0.25) is 5.02 Å². The lowest BCUT2D eigenvalue weighted by atomic mass is 10.1. The number of ether oxygens (including phenoxy) is 2. The van der Waals surface area contributed by atoms with E-state index in [1.165, 1.54) is 0 Å². The lowest BCUT2D eigenvalue weighted by Gasteiger charge is -2.31. The Kier molecular flexibility index (Phi) is 7.28. The average Bonchev–Trinajstić information content (AvgIpc) is 3.18. The fourth-order valence-electron chi connectivity index (χ4n) is 3.36. The molecule has 0 saturated carbocycles. The van der Waals surface area contributed by atoms with Crippen LogP contribution in [0.4, 0.5) is 5.82 Å². The van der Waals surface area contributed by atoms with Gasteiger partial charge in [0.2, 0.25) is 0 Å². The van der Waals surface area contributed by atoms with Gasteiger partial charge in [0.1, 0.15) is 23.4 Å². The van der Waals surface area contributed by atoms with E-state index in [-0.39, 0.29) is 16.5 Å². The van der Waals surface area contributed by atoms with Gasteiger partial charge < -0.3 is 24.8 Å². The van der Waals surface area contributed by atoms with Gasteiger partial charge in [-0.3, -0.25) is 14.3 Å². The van der Waals surface area contributed by atoms with Crippen molar-refractivity contribution in [3.63, 3.8) is 0 Å². The Morgan fingerprint density at radius 1 is 1.09 bits per heavy atom. The van der Waals surface area contributed by atoms with Crippen LogP contribution in [0.25, 0.3) is 0 Å². The number of benzene rings is 2. The van der Waals surface area contributed by atoms with Crippen LogP contribution in [0.1, 0.15) is 41.0 Å². The molecule has 1 fully saturated rings. The SMILES string of the molecule is C[C@@H](O)[C@@H](C)Oc1cc(Oc2ccc(C(=O)N3CCC3)cc2Cl)cc(C(=O)Nc2ccn(C)n2)c1. The summed E-state index contributed by atoms with van der Waals surface area (Å²) in [6.45, 7) is 4.82. The first kappa shape index (κ1) is 24.6. The molecule has 2 heterocycles. The molecule has 0 spiro atoms. The zero-order chi connectivity index (χ0) is 25.1. The number of amides is 2. The second-order valence-corrected chi connectivity index (χ2v) is 8.89. The maximum absolute atomic E-state index is 12.9. The molecule has 2 N–H and O–H groups in total. The van der Waals surface area contributed by atoms with Crippen LogP contribution < -0.4 is 14.8 Å². The standard InChI is InChI=1S/C25H27ClN4O5/c1-15(31)16(2)34-19-11-18(24(32)27-23-7-10-29(3)28-23)12-20(14-19)35-22-6-5-17(13-21(22)26)25(33)30-8-4-9-30/h5-7,10-16,31H,4,8-9H2,1-3H3,(H,27,28,32)/t15-,16-/m1/s1. The number of carbonyl (C=O) groups is 2. The molecule has 9 nitrogen and oxygen atoms in total. The number of rotatable bonds is 8. The topological polar surface area (TPSA) is 106 Å². The van der Waals surface area contributed by atoms with Crippen LogP contribution in [-0.4, -0.2) is 56.9 Å². The highest BCUT2D eigenvalue weighted by Crippen LogP contribution is 2.34. The molecule has 0 unspecified atom stereocenters. The van der Waals surface area contributed by atoms with Gasteiger partial charge in [-0.25, -0.2) is 0 Å². The molecular formula is C25H27ClN4O5. The molecule has 2 aromatic carbocycles. The van der Waals surface area contributed by atoms with E-state index in [4.69, 9.17) is 21.1 Å². The average molecular weight is 499 g/mol. The van der Waals surface area contributed by atoms with Gasteiger partial charge in [-0.15, -0.1) is 0 Å². The molecule has 0 aliphatic carbocycles. The molecule has 4 rings (SSSR count). The predicted octanol–water partition coefficient (Wildman–Crippen LogP) is 4.11. The van der Waals surface area contributed by atoms with Gasteiger partial charge in [-0.2, -0.15) is 5.10 Å². The number of nitrogens with one attached hydrogen (secondary N) is 1. The van der Waals surface area contributed by atoms with E-state index in [1.807, 2.05) is 0 Å². The Bertz CT molecular complexity index is 1240. The predicted molar refractivity (Wildman–Crippen MR) is 131 cm³/mol. The molecule has 3 aromatic rings. The van der Waals surface area contributed by atoms with E-state index in [2.05, 4.69) is 10.4 Å². The number of anilines is 1. The minimum atomic E-state index is -0.726. The van der Waals surface area contributed by atoms with E-state index < -0.39 is 18.1 Å². The summed E-state index contributed by atoms with van der Waals surface area (Å²) in [5.74, 6) is 0.877. The van der Waals surface area contributed by atoms with Gasteiger partial charge in [0, 0.05) is 49.6 Å². The first-order chi connectivity index (χ1) is 16.7. The Morgan fingerprint density at radius 3 is 2.43 bits per heavy atom. The molecule has 1 aliphatic rings. The largest absolute Gasteiger partial charge is 0.488 e. The van der Waals surface area contributed by atoms with Crippen molar-refractivity contribution < 1.29 is 24.2 Å². The smallest absolute Gasteiger partial charge is 0.257 e. The Morgan fingerprint density at radius 2 is 1.83 bits per heavy atom. The normalized spacial score (nSPS) is 14.6. The number of hydrogen-bond donors (Lipinski definition) is 2. The van der Waals surface area contributed by atoms with Gasteiger partial charge in [0.15, 0.2) is 5.82 Å². The quantitative estimate of drug-likeness (QED) is 0.484. The summed E-state index contributed by atoms with van der Waals surface area (Å²) in [4.78, 5) is 27.1. The lowest BCUT2D eigenvalue weighted by Crippen LogP contribution is -2.41. The number of halogens is 1. The highest BCUT2D eigenvalue weighted by molar-refractivity contribution is 6.32. The maximum atomic E-state index is 12.9. The van der Waals surface area contributed by atoms with Crippen LogP contribution in [0.5, 0.6) is 17.2 Å². The summed E-state index contributed by atoms with van der Waals surface area (Å²) < 4.78 is 13.4. The van der Waals surface area contributed by atoms with E-state index >= 15 is 0 Å². The van der Waals surface area contributed by atoms with Crippen molar-refractivity contribution in [1.29, 1.82) is 0 Å². The van der Waals surface area contributed by atoms with Crippen molar-refractivity contribution in [3.05, 3.63) is 64.8 Å². The van der Waals surface area contributed by atoms with Crippen molar-refractivity contribution >= 4 is 29.2 Å². The van der Waals surface area contributed by atoms with Crippen LogP contribution in [0.3, 0.4) is 0 Å². The number of likely N-dealkylation sites (tertiary alicyclic amines) is 1. The molecule has 184 valence electrons. The second kappa shape index (κ2) is 10.4. The van der Waals surface area contributed by atoms with Crippen LogP contribution in [0, 0.1) is 0 Å². The first-order valence-electron chi connectivity index (χ1n) is 11.3. The number of aliphatic hydroxyl groups excluding tert-OH is 1. The summed E-state index contributed by atoms with van der Waals surface area (Å²) in [6, 6.07) is 11.2. The Balaban J connectivity index is 1.59. The number of aromatic nitrogens is 2. The Labute approximate surface area is 208 Å². The zero-order valence-corrected chi connectivity index (χ0v) is 20.5. The second-order valence-electron chi connectivity index (χ2n) is 8.48. The summed E-state index contributed by atoms with van der Waals surface area (Å²) >= 11 is 6.42.